The fourth-order valence-electron chi connectivity index (χ4n) is 1.92. The van der Waals surface area contributed by atoms with Crippen LogP contribution in [0.3, 0.4) is 0 Å². The van der Waals surface area contributed by atoms with E-state index in [9.17, 15) is 0 Å². The van der Waals surface area contributed by atoms with Crippen molar-refractivity contribution < 1.29 is 4.74 Å². The van der Waals surface area contributed by atoms with Gasteiger partial charge >= 0.3 is 0 Å². The molecular formula is C13H16BrNO. The molecular weight excluding hydrogens is 266 g/mol. The Hall–Kier alpha value is -0.800. The van der Waals surface area contributed by atoms with Crippen molar-refractivity contribution in [3.05, 3.63) is 39.9 Å². The Morgan fingerprint density at radius 1 is 1.38 bits per heavy atom. The zero-order valence-corrected chi connectivity index (χ0v) is 10.8. The highest BCUT2D eigenvalue weighted by atomic mass is 79.9. The average Bonchev–Trinajstić information content (AvgIpc) is 2.72. The lowest BCUT2D eigenvalue weighted by Gasteiger charge is -2.06. The summed E-state index contributed by atoms with van der Waals surface area (Å²) < 4.78 is 6.80. The van der Waals surface area contributed by atoms with Gasteiger partial charge in [-0.1, -0.05) is 28.1 Å². The van der Waals surface area contributed by atoms with Gasteiger partial charge in [0.25, 0.3) is 0 Å². The van der Waals surface area contributed by atoms with Crippen LogP contribution in [0.1, 0.15) is 17.5 Å². The molecule has 0 amide bonds. The zero-order valence-electron chi connectivity index (χ0n) is 9.21. The van der Waals surface area contributed by atoms with Crippen molar-refractivity contribution in [1.82, 2.24) is 0 Å². The van der Waals surface area contributed by atoms with E-state index in [1.807, 2.05) is 0 Å². The molecule has 0 aromatic heterocycles. The van der Waals surface area contributed by atoms with E-state index >= 15 is 0 Å². The van der Waals surface area contributed by atoms with Gasteiger partial charge in [-0.15, -0.1) is 0 Å². The minimum Gasteiger partial charge on any atom is -0.493 e. The Bertz CT molecular complexity index is 401. The van der Waals surface area contributed by atoms with Crippen LogP contribution in [-0.2, 0) is 12.8 Å². The summed E-state index contributed by atoms with van der Waals surface area (Å²) in [5.74, 6) is 1.08. The van der Waals surface area contributed by atoms with Crippen molar-refractivity contribution in [3.63, 3.8) is 0 Å². The number of rotatable bonds is 4. The average molecular weight is 282 g/mol. The van der Waals surface area contributed by atoms with Gasteiger partial charge in [-0.05, 0) is 42.6 Å². The minimum atomic E-state index is 0.712. The number of nitrogens with two attached hydrogens (primary N) is 1. The molecule has 2 N–H and O–H groups in total. The van der Waals surface area contributed by atoms with E-state index < -0.39 is 0 Å². The highest BCUT2D eigenvalue weighted by molar-refractivity contribution is 9.10. The van der Waals surface area contributed by atoms with Gasteiger partial charge in [0.1, 0.15) is 5.75 Å². The molecule has 2 nitrogen and oxygen atoms in total. The van der Waals surface area contributed by atoms with Gasteiger partial charge < -0.3 is 10.5 Å². The lowest BCUT2D eigenvalue weighted by atomic mass is 10.1. The van der Waals surface area contributed by atoms with Crippen LogP contribution in [0.5, 0.6) is 5.75 Å². The maximum Gasteiger partial charge on any atom is 0.126 e. The van der Waals surface area contributed by atoms with Crippen LogP contribution in [0.4, 0.5) is 0 Å². The molecule has 0 aliphatic carbocycles. The summed E-state index contributed by atoms with van der Waals surface area (Å²) in [5, 5.41) is 0. The molecule has 0 atom stereocenters. The van der Waals surface area contributed by atoms with E-state index in [2.05, 4.69) is 40.2 Å². The van der Waals surface area contributed by atoms with Crippen LogP contribution < -0.4 is 10.5 Å². The molecule has 0 bridgehead atoms. The molecule has 3 heteroatoms. The zero-order chi connectivity index (χ0) is 11.4. The number of fused-ring (bicyclic) bond motifs is 1. The summed E-state index contributed by atoms with van der Waals surface area (Å²) >= 11 is 3.54. The second kappa shape index (κ2) is 5.51. The van der Waals surface area contributed by atoms with E-state index in [1.54, 1.807) is 0 Å². The summed E-state index contributed by atoms with van der Waals surface area (Å²) in [7, 11) is 0. The second-order valence-corrected chi connectivity index (χ2v) is 4.82. The van der Waals surface area contributed by atoms with Crippen LogP contribution in [-0.4, -0.2) is 13.2 Å². The molecule has 1 aromatic carbocycles. The maximum atomic E-state index is 5.66. The third-order valence-electron chi connectivity index (χ3n) is 2.66. The first kappa shape index (κ1) is 11.7. The number of benzene rings is 1. The van der Waals surface area contributed by atoms with Gasteiger partial charge in [0.15, 0.2) is 0 Å². The van der Waals surface area contributed by atoms with Gasteiger partial charge in [-0.3, -0.25) is 0 Å². The second-order valence-electron chi connectivity index (χ2n) is 3.90. The van der Waals surface area contributed by atoms with E-state index in [4.69, 9.17) is 10.5 Å². The Morgan fingerprint density at radius 2 is 2.25 bits per heavy atom. The Kier molecular flexibility index (Phi) is 4.02. The van der Waals surface area contributed by atoms with Crippen LogP contribution >= 0.6 is 15.9 Å². The van der Waals surface area contributed by atoms with Gasteiger partial charge in [0.2, 0.25) is 0 Å². The number of hydrogen-bond donors (Lipinski definition) is 1. The normalized spacial score (nSPS) is 14.1. The minimum absolute atomic E-state index is 0.712. The van der Waals surface area contributed by atoms with E-state index in [1.165, 1.54) is 11.1 Å². The first-order valence-corrected chi connectivity index (χ1v) is 6.39. The van der Waals surface area contributed by atoms with Crippen molar-refractivity contribution in [1.29, 1.82) is 0 Å². The van der Waals surface area contributed by atoms with Gasteiger partial charge in [0, 0.05) is 10.9 Å². The van der Waals surface area contributed by atoms with Crippen LogP contribution in [0, 0.1) is 0 Å². The van der Waals surface area contributed by atoms with Crippen LogP contribution in [0.15, 0.2) is 28.8 Å². The first-order valence-electron chi connectivity index (χ1n) is 5.60. The molecule has 86 valence electrons. The molecule has 0 radical (unpaired) electrons. The van der Waals surface area contributed by atoms with E-state index in [0.717, 1.165) is 36.1 Å². The molecule has 1 aromatic rings. The Morgan fingerprint density at radius 3 is 3.06 bits per heavy atom. The molecule has 0 saturated heterocycles. The molecule has 1 aliphatic heterocycles. The largest absolute Gasteiger partial charge is 0.493 e. The molecule has 0 saturated carbocycles. The molecule has 16 heavy (non-hydrogen) atoms. The summed E-state index contributed by atoms with van der Waals surface area (Å²) in [6.07, 6.45) is 7.17. The maximum absolute atomic E-state index is 5.66. The summed E-state index contributed by atoms with van der Waals surface area (Å²) in [5.41, 5.74) is 8.01. The lowest BCUT2D eigenvalue weighted by molar-refractivity contribution is 0.354. The van der Waals surface area contributed by atoms with Crippen molar-refractivity contribution >= 4 is 15.9 Å². The van der Waals surface area contributed by atoms with Crippen molar-refractivity contribution in [2.24, 2.45) is 5.73 Å². The third kappa shape index (κ3) is 2.66. The summed E-state index contributed by atoms with van der Waals surface area (Å²) in [6.45, 7) is 1.52. The Balaban J connectivity index is 2.14. The third-order valence-corrected chi connectivity index (χ3v) is 3.12. The van der Waals surface area contributed by atoms with Gasteiger partial charge in [-0.25, -0.2) is 0 Å². The molecule has 0 unspecified atom stereocenters. The predicted octanol–water partition coefficient (Wildman–Crippen LogP) is 2.83. The fourth-order valence-corrected chi connectivity index (χ4v) is 2.47. The molecule has 0 fully saturated rings. The molecule has 0 spiro atoms. The topological polar surface area (TPSA) is 35.2 Å². The lowest BCUT2D eigenvalue weighted by Crippen LogP contribution is -1.95. The number of allylic oxidation sites excluding steroid dienone is 1. The Labute approximate surface area is 105 Å². The molecule has 2 rings (SSSR count). The smallest absolute Gasteiger partial charge is 0.126 e. The van der Waals surface area contributed by atoms with Crippen molar-refractivity contribution in [2.45, 2.75) is 19.3 Å². The van der Waals surface area contributed by atoms with Crippen LogP contribution in [0.2, 0.25) is 0 Å². The standard InChI is InChI=1S/C13H16BrNO/c14-12-8-10(4-2-1-3-6-15)13-11(9-12)5-7-16-13/h1-2,8-9H,3-7,15H2/b2-1+. The monoisotopic (exact) mass is 281 g/mol. The van der Waals surface area contributed by atoms with E-state index in [0.29, 0.717) is 6.54 Å². The van der Waals surface area contributed by atoms with Gasteiger partial charge in [0.05, 0.1) is 6.61 Å². The predicted molar refractivity (Wildman–Crippen MR) is 69.9 cm³/mol. The number of hydrogen-bond acceptors (Lipinski definition) is 2. The molecule has 1 aliphatic rings. The SMILES string of the molecule is NCC/C=C/Cc1cc(Br)cc2c1OCC2. The van der Waals surface area contributed by atoms with Crippen molar-refractivity contribution in [2.75, 3.05) is 13.2 Å². The quantitative estimate of drug-likeness (QED) is 0.862. The van der Waals surface area contributed by atoms with E-state index in [-0.39, 0.29) is 0 Å². The summed E-state index contributed by atoms with van der Waals surface area (Å²) in [4.78, 5) is 0. The number of halogens is 1. The van der Waals surface area contributed by atoms with Gasteiger partial charge in [-0.2, -0.15) is 0 Å². The highest BCUT2D eigenvalue weighted by Gasteiger charge is 2.16. The van der Waals surface area contributed by atoms with Crippen LogP contribution in [0.25, 0.3) is 0 Å². The molecule has 1 heterocycles. The first-order chi connectivity index (χ1) is 7.81. The summed E-state index contributed by atoms with van der Waals surface area (Å²) in [6, 6.07) is 4.28. The highest BCUT2D eigenvalue weighted by Crippen LogP contribution is 2.33. The fraction of sp³-hybridized carbons (Fsp3) is 0.385. The van der Waals surface area contributed by atoms with Crippen molar-refractivity contribution in [3.8, 4) is 5.75 Å². The number of ether oxygens (including phenoxy) is 1.